The number of pyridine rings is 1. The summed E-state index contributed by atoms with van der Waals surface area (Å²) >= 11 is 8.02. The second-order valence-corrected chi connectivity index (χ2v) is 7.52. The highest BCUT2D eigenvalue weighted by molar-refractivity contribution is 7.99. The molecule has 1 aliphatic heterocycles. The molecule has 0 aliphatic carbocycles. The van der Waals surface area contributed by atoms with Crippen LogP contribution in [-0.2, 0) is 13.1 Å². The molecule has 0 unspecified atom stereocenters. The highest BCUT2D eigenvalue weighted by atomic mass is 35.5. The Morgan fingerprint density at radius 1 is 1.20 bits per heavy atom. The molecule has 2 N–H and O–H groups in total. The molecule has 1 aliphatic rings. The fraction of sp³-hybridized carbons (Fsp3) is 0.333. The van der Waals surface area contributed by atoms with Crippen molar-refractivity contribution in [1.82, 2.24) is 15.2 Å². The number of halogens is 1. The van der Waals surface area contributed by atoms with E-state index in [0.29, 0.717) is 11.6 Å². The zero-order chi connectivity index (χ0) is 17.6. The predicted octanol–water partition coefficient (Wildman–Crippen LogP) is 2.51. The van der Waals surface area contributed by atoms with Crippen LogP contribution in [0.1, 0.15) is 21.6 Å². The van der Waals surface area contributed by atoms with E-state index in [9.17, 15) is 9.59 Å². The number of H-pyrrole nitrogens is 1. The number of carbonyl (C=O) groups excluding carboxylic acids is 1. The maximum absolute atomic E-state index is 12.3. The second-order valence-electron chi connectivity index (χ2n) is 5.89. The summed E-state index contributed by atoms with van der Waals surface area (Å²) in [7, 11) is 0. The average molecular weight is 378 g/mol. The summed E-state index contributed by atoms with van der Waals surface area (Å²) in [6.45, 7) is 3.03. The molecule has 1 aromatic carbocycles. The smallest absolute Gasteiger partial charge is 0.261 e. The van der Waals surface area contributed by atoms with Gasteiger partial charge in [-0.2, -0.15) is 11.8 Å². The minimum atomic E-state index is -0.401. The summed E-state index contributed by atoms with van der Waals surface area (Å²) in [5, 5.41) is 3.33. The van der Waals surface area contributed by atoms with Crippen molar-refractivity contribution in [2.75, 3.05) is 24.6 Å². The van der Waals surface area contributed by atoms with E-state index >= 15 is 0 Å². The van der Waals surface area contributed by atoms with E-state index in [1.807, 2.05) is 36.0 Å². The lowest BCUT2D eigenvalue weighted by Gasteiger charge is -2.25. The Hall–Kier alpha value is -1.76. The molecule has 1 amide bonds. The van der Waals surface area contributed by atoms with E-state index in [0.717, 1.165) is 35.9 Å². The fourth-order valence-electron chi connectivity index (χ4n) is 2.70. The highest BCUT2D eigenvalue weighted by Crippen LogP contribution is 2.14. The van der Waals surface area contributed by atoms with Gasteiger partial charge < -0.3 is 10.3 Å². The summed E-state index contributed by atoms with van der Waals surface area (Å²) < 4.78 is 0. The van der Waals surface area contributed by atoms with Gasteiger partial charge in [0, 0.05) is 48.4 Å². The van der Waals surface area contributed by atoms with Crippen LogP contribution in [0, 0.1) is 0 Å². The van der Waals surface area contributed by atoms with Crippen molar-refractivity contribution in [2.45, 2.75) is 13.1 Å². The van der Waals surface area contributed by atoms with Crippen LogP contribution in [0.3, 0.4) is 0 Å². The first kappa shape index (κ1) is 18.0. The number of carbonyl (C=O) groups is 1. The van der Waals surface area contributed by atoms with Gasteiger partial charge in [0.25, 0.3) is 11.5 Å². The predicted molar refractivity (Wildman–Crippen MR) is 102 cm³/mol. The monoisotopic (exact) mass is 377 g/mol. The molecular weight excluding hydrogens is 358 g/mol. The molecule has 1 aromatic heterocycles. The van der Waals surface area contributed by atoms with Crippen molar-refractivity contribution >= 4 is 29.3 Å². The summed E-state index contributed by atoms with van der Waals surface area (Å²) in [6, 6.07) is 10.7. The number of nitrogens with zero attached hydrogens (tertiary/aromatic N) is 1. The number of hydrogen-bond acceptors (Lipinski definition) is 4. The summed E-state index contributed by atoms with van der Waals surface area (Å²) in [5.41, 5.74) is 1.40. The Morgan fingerprint density at radius 2 is 1.96 bits per heavy atom. The van der Waals surface area contributed by atoms with E-state index in [2.05, 4.69) is 15.2 Å². The Bertz CT molecular complexity index is 803. The molecule has 0 bridgehead atoms. The molecule has 1 fully saturated rings. The lowest BCUT2D eigenvalue weighted by molar-refractivity contribution is 0.0949. The van der Waals surface area contributed by atoms with Crippen LogP contribution in [0.4, 0.5) is 0 Å². The standard InChI is InChI=1S/C18H20ClN3O2S/c19-16-4-2-1-3-13(16)11-20-17(23)15-6-5-14(21-18(15)24)12-22-7-9-25-10-8-22/h1-6H,7-12H2,(H,20,23)(H,21,24). The first-order valence-electron chi connectivity index (χ1n) is 8.17. The number of aromatic amines is 1. The molecule has 0 saturated carbocycles. The summed E-state index contributed by atoms with van der Waals surface area (Å²) in [4.78, 5) is 29.6. The van der Waals surface area contributed by atoms with Crippen LogP contribution in [0.25, 0.3) is 0 Å². The number of thioether (sulfide) groups is 1. The molecule has 25 heavy (non-hydrogen) atoms. The number of nitrogens with one attached hydrogen (secondary N) is 2. The zero-order valence-corrected chi connectivity index (χ0v) is 15.3. The van der Waals surface area contributed by atoms with Crippen molar-refractivity contribution < 1.29 is 4.79 Å². The maximum Gasteiger partial charge on any atom is 0.261 e. The van der Waals surface area contributed by atoms with Crippen molar-refractivity contribution in [2.24, 2.45) is 0 Å². The van der Waals surface area contributed by atoms with Crippen LogP contribution < -0.4 is 10.9 Å². The first-order chi connectivity index (χ1) is 12.1. The Kier molecular flexibility index (Phi) is 6.18. The van der Waals surface area contributed by atoms with Gasteiger partial charge in [0.2, 0.25) is 0 Å². The molecule has 1 saturated heterocycles. The van der Waals surface area contributed by atoms with Gasteiger partial charge in [-0.25, -0.2) is 0 Å². The number of benzene rings is 1. The lowest BCUT2D eigenvalue weighted by Crippen LogP contribution is -2.34. The molecule has 5 nitrogen and oxygen atoms in total. The van der Waals surface area contributed by atoms with E-state index < -0.39 is 5.91 Å². The number of rotatable bonds is 5. The topological polar surface area (TPSA) is 65.2 Å². The molecule has 2 heterocycles. The molecule has 7 heteroatoms. The SMILES string of the molecule is O=C(NCc1ccccc1Cl)c1ccc(CN2CCSCC2)[nH]c1=O. The van der Waals surface area contributed by atoms with Gasteiger partial charge in [0.1, 0.15) is 5.56 Å². The largest absolute Gasteiger partial charge is 0.348 e. The fourth-order valence-corrected chi connectivity index (χ4v) is 3.88. The maximum atomic E-state index is 12.3. The number of hydrogen-bond donors (Lipinski definition) is 2. The van der Waals surface area contributed by atoms with Gasteiger partial charge in [0.15, 0.2) is 0 Å². The van der Waals surface area contributed by atoms with Crippen molar-refractivity contribution in [3.05, 3.63) is 68.6 Å². The Labute approximate surface area is 155 Å². The van der Waals surface area contributed by atoms with Crippen LogP contribution in [-0.4, -0.2) is 40.4 Å². The molecular formula is C18H20ClN3O2S. The third-order valence-corrected chi connectivity index (χ3v) is 5.42. The van der Waals surface area contributed by atoms with E-state index in [-0.39, 0.29) is 17.7 Å². The van der Waals surface area contributed by atoms with Gasteiger partial charge in [-0.1, -0.05) is 29.8 Å². The van der Waals surface area contributed by atoms with E-state index in [1.165, 1.54) is 0 Å². The number of aromatic nitrogens is 1. The van der Waals surface area contributed by atoms with Crippen molar-refractivity contribution in [3.8, 4) is 0 Å². The Balaban J connectivity index is 1.62. The van der Waals surface area contributed by atoms with Gasteiger partial charge in [-0.05, 0) is 23.8 Å². The molecule has 0 radical (unpaired) electrons. The minimum absolute atomic E-state index is 0.116. The van der Waals surface area contributed by atoms with Crippen molar-refractivity contribution in [3.63, 3.8) is 0 Å². The first-order valence-corrected chi connectivity index (χ1v) is 9.70. The van der Waals surface area contributed by atoms with Gasteiger partial charge in [-0.15, -0.1) is 0 Å². The quantitative estimate of drug-likeness (QED) is 0.840. The lowest BCUT2D eigenvalue weighted by atomic mass is 10.2. The third-order valence-electron chi connectivity index (χ3n) is 4.11. The molecule has 0 atom stereocenters. The molecule has 3 rings (SSSR count). The van der Waals surface area contributed by atoms with Crippen LogP contribution in [0.5, 0.6) is 0 Å². The molecule has 2 aromatic rings. The Morgan fingerprint density at radius 3 is 2.68 bits per heavy atom. The average Bonchev–Trinajstić information content (AvgIpc) is 2.62. The van der Waals surface area contributed by atoms with E-state index in [4.69, 9.17) is 11.6 Å². The third kappa shape index (κ3) is 4.87. The van der Waals surface area contributed by atoms with E-state index in [1.54, 1.807) is 12.1 Å². The van der Waals surface area contributed by atoms with Gasteiger partial charge in [-0.3, -0.25) is 14.5 Å². The highest BCUT2D eigenvalue weighted by Gasteiger charge is 2.14. The minimum Gasteiger partial charge on any atom is -0.348 e. The van der Waals surface area contributed by atoms with Gasteiger partial charge >= 0.3 is 0 Å². The second kappa shape index (κ2) is 8.56. The zero-order valence-electron chi connectivity index (χ0n) is 13.8. The van der Waals surface area contributed by atoms with Crippen LogP contribution >= 0.6 is 23.4 Å². The number of amides is 1. The summed E-state index contributed by atoms with van der Waals surface area (Å²) in [5.74, 6) is 1.83. The van der Waals surface area contributed by atoms with Crippen molar-refractivity contribution in [1.29, 1.82) is 0 Å². The summed E-state index contributed by atoms with van der Waals surface area (Å²) in [6.07, 6.45) is 0. The van der Waals surface area contributed by atoms with Gasteiger partial charge in [0.05, 0.1) is 0 Å². The van der Waals surface area contributed by atoms with Crippen LogP contribution in [0.15, 0.2) is 41.2 Å². The molecule has 132 valence electrons. The normalized spacial score (nSPS) is 15.1. The molecule has 0 spiro atoms. The van der Waals surface area contributed by atoms with Crippen LogP contribution in [0.2, 0.25) is 5.02 Å².